The first-order chi connectivity index (χ1) is 10.7. The molecule has 23 heavy (non-hydrogen) atoms. The van der Waals surface area contributed by atoms with E-state index in [0.29, 0.717) is 12.2 Å². The van der Waals surface area contributed by atoms with Crippen molar-refractivity contribution in [2.75, 3.05) is 13.7 Å². The molecule has 7 heteroatoms. The zero-order chi connectivity index (χ0) is 15.5. The number of likely N-dealkylation sites (tertiary alicyclic amines) is 1. The number of aromatic nitrogens is 1. The average Bonchev–Trinajstić information content (AvgIpc) is 3.23. The lowest BCUT2D eigenvalue weighted by Crippen LogP contribution is -2.30. The first kappa shape index (κ1) is 17.7. The summed E-state index contributed by atoms with van der Waals surface area (Å²) in [6.45, 7) is 1.13. The number of carbonyl (C=O) groups excluding carboxylic acids is 1. The molecule has 2 heterocycles. The highest BCUT2D eigenvalue weighted by Gasteiger charge is 2.31. The molecule has 1 unspecified atom stereocenters. The van der Waals surface area contributed by atoms with Gasteiger partial charge in [-0.05, 0) is 30.5 Å². The Hall–Kier alpha value is -1.63. The fraction of sp³-hybridized carbons (Fsp3) is 0.375. The van der Waals surface area contributed by atoms with Gasteiger partial charge in [-0.25, -0.2) is 4.98 Å². The summed E-state index contributed by atoms with van der Waals surface area (Å²) in [6, 6.07) is 8.02. The molecule has 5 nitrogen and oxygen atoms in total. The SMILES string of the molecule is COc1cccc(C2CCCN2C(=O)c2csc(CN)n2)c1.Cl. The zero-order valence-corrected chi connectivity index (χ0v) is 14.5. The van der Waals surface area contributed by atoms with Gasteiger partial charge in [0.25, 0.3) is 5.91 Å². The number of thiazole rings is 1. The van der Waals surface area contributed by atoms with Gasteiger partial charge in [-0.15, -0.1) is 23.7 Å². The number of nitrogens with two attached hydrogens (primary N) is 1. The Bertz CT molecular complexity index is 677. The van der Waals surface area contributed by atoms with Crippen LogP contribution in [0, 0.1) is 0 Å². The third-order valence-electron chi connectivity index (χ3n) is 3.94. The minimum Gasteiger partial charge on any atom is -0.497 e. The highest BCUT2D eigenvalue weighted by Crippen LogP contribution is 2.34. The fourth-order valence-electron chi connectivity index (χ4n) is 2.86. The van der Waals surface area contributed by atoms with E-state index in [1.165, 1.54) is 11.3 Å². The van der Waals surface area contributed by atoms with E-state index in [4.69, 9.17) is 10.5 Å². The van der Waals surface area contributed by atoms with Gasteiger partial charge in [0, 0.05) is 18.5 Å². The number of amides is 1. The minimum absolute atomic E-state index is 0. The standard InChI is InChI=1S/C16H19N3O2S.ClH/c1-21-12-5-2-4-11(8-12)14-6-3-7-19(14)16(20)13-10-22-15(9-17)18-13;/h2,4-5,8,10,14H,3,6-7,9,17H2,1H3;1H. The maximum atomic E-state index is 12.7. The molecule has 0 aliphatic carbocycles. The van der Waals surface area contributed by atoms with Crippen LogP contribution in [-0.4, -0.2) is 29.4 Å². The highest BCUT2D eigenvalue weighted by atomic mass is 35.5. The number of ether oxygens (including phenoxy) is 1. The lowest BCUT2D eigenvalue weighted by molar-refractivity contribution is 0.0730. The Morgan fingerprint density at radius 2 is 2.35 bits per heavy atom. The van der Waals surface area contributed by atoms with Crippen LogP contribution < -0.4 is 10.5 Å². The Labute approximate surface area is 145 Å². The van der Waals surface area contributed by atoms with Gasteiger partial charge in [0.15, 0.2) is 0 Å². The van der Waals surface area contributed by atoms with Gasteiger partial charge in [0.1, 0.15) is 16.5 Å². The van der Waals surface area contributed by atoms with Crippen molar-refractivity contribution in [2.24, 2.45) is 5.73 Å². The largest absolute Gasteiger partial charge is 0.497 e. The van der Waals surface area contributed by atoms with Gasteiger partial charge in [0.05, 0.1) is 13.2 Å². The number of rotatable bonds is 4. The lowest BCUT2D eigenvalue weighted by Gasteiger charge is -2.24. The smallest absolute Gasteiger partial charge is 0.273 e. The van der Waals surface area contributed by atoms with Crippen LogP contribution in [-0.2, 0) is 6.54 Å². The topological polar surface area (TPSA) is 68.5 Å². The van der Waals surface area contributed by atoms with E-state index < -0.39 is 0 Å². The Morgan fingerprint density at radius 1 is 1.52 bits per heavy atom. The summed E-state index contributed by atoms with van der Waals surface area (Å²) < 4.78 is 5.28. The van der Waals surface area contributed by atoms with Crippen molar-refractivity contribution in [3.05, 3.63) is 45.9 Å². The first-order valence-electron chi connectivity index (χ1n) is 7.32. The van der Waals surface area contributed by atoms with Crippen LogP contribution in [0.2, 0.25) is 0 Å². The molecule has 2 N–H and O–H groups in total. The normalized spacial score (nSPS) is 17.0. The molecule has 2 aromatic rings. The number of nitrogens with zero attached hydrogens (tertiary/aromatic N) is 2. The van der Waals surface area contributed by atoms with Crippen molar-refractivity contribution in [3.63, 3.8) is 0 Å². The number of hydrogen-bond donors (Lipinski definition) is 1. The molecule has 1 fully saturated rings. The average molecular weight is 354 g/mol. The molecule has 1 aliphatic rings. The van der Waals surface area contributed by atoms with E-state index in [0.717, 1.165) is 35.7 Å². The molecule has 1 aromatic carbocycles. The van der Waals surface area contributed by atoms with E-state index in [2.05, 4.69) is 4.98 Å². The minimum atomic E-state index is -0.0127. The van der Waals surface area contributed by atoms with Crippen LogP contribution in [0.15, 0.2) is 29.6 Å². The van der Waals surface area contributed by atoms with Crippen LogP contribution >= 0.6 is 23.7 Å². The van der Waals surface area contributed by atoms with E-state index in [-0.39, 0.29) is 24.4 Å². The molecule has 0 radical (unpaired) electrons. The summed E-state index contributed by atoms with van der Waals surface area (Å²) in [4.78, 5) is 18.9. The molecular weight excluding hydrogens is 334 g/mol. The van der Waals surface area contributed by atoms with Gasteiger partial charge in [-0.3, -0.25) is 4.79 Å². The first-order valence-corrected chi connectivity index (χ1v) is 8.20. The van der Waals surface area contributed by atoms with Crippen LogP contribution in [0.1, 0.15) is 39.9 Å². The quantitative estimate of drug-likeness (QED) is 0.917. The van der Waals surface area contributed by atoms with Crippen molar-refractivity contribution < 1.29 is 9.53 Å². The molecule has 0 saturated carbocycles. The highest BCUT2D eigenvalue weighted by molar-refractivity contribution is 7.09. The second-order valence-corrected chi connectivity index (χ2v) is 6.21. The molecule has 3 rings (SSSR count). The number of benzene rings is 1. The third-order valence-corrected chi connectivity index (χ3v) is 4.81. The molecule has 124 valence electrons. The number of halogens is 1. The van der Waals surface area contributed by atoms with Crippen LogP contribution in [0.25, 0.3) is 0 Å². The summed E-state index contributed by atoms with van der Waals surface area (Å²) in [5.74, 6) is 0.803. The molecule has 0 spiro atoms. The summed E-state index contributed by atoms with van der Waals surface area (Å²) >= 11 is 1.44. The van der Waals surface area contributed by atoms with Gasteiger partial charge < -0.3 is 15.4 Å². The van der Waals surface area contributed by atoms with Gasteiger partial charge in [-0.2, -0.15) is 0 Å². The Balaban J connectivity index is 0.00000192. The van der Waals surface area contributed by atoms with E-state index in [9.17, 15) is 4.79 Å². The number of carbonyl (C=O) groups is 1. The molecular formula is C16H20ClN3O2S. The predicted octanol–water partition coefficient (Wildman–Crippen LogP) is 3.01. The summed E-state index contributed by atoms with van der Waals surface area (Å²) in [7, 11) is 1.65. The van der Waals surface area contributed by atoms with Gasteiger partial charge in [-0.1, -0.05) is 12.1 Å². The Morgan fingerprint density at radius 3 is 3.04 bits per heavy atom. The monoisotopic (exact) mass is 353 g/mol. The van der Waals surface area contributed by atoms with Gasteiger partial charge in [0.2, 0.25) is 0 Å². The van der Waals surface area contributed by atoms with Crippen LogP contribution in [0.3, 0.4) is 0 Å². The fourth-order valence-corrected chi connectivity index (χ4v) is 3.50. The third kappa shape index (κ3) is 3.65. The summed E-state index contributed by atoms with van der Waals surface area (Å²) in [5.41, 5.74) is 7.19. The zero-order valence-electron chi connectivity index (χ0n) is 12.9. The number of methoxy groups -OCH3 is 1. The maximum Gasteiger partial charge on any atom is 0.273 e. The van der Waals surface area contributed by atoms with E-state index in [1.807, 2.05) is 29.2 Å². The van der Waals surface area contributed by atoms with Crippen molar-refractivity contribution in [3.8, 4) is 5.75 Å². The van der Waals surface area contributed by atoms with Crippen molar-refractivity contribution in [1.82, 2.24) is 9.88 Å². The molecule has 0 bridgehead atoms. The molecule has 1 saturated heterocycles. The lowest BCUT2D eigenvalue weighted by atomic mass is 10.0. The molecule has 1 aliphatic heterocycles. The Kier molecular flexibility index (Phi) is 5.98. The van der Waals surface area contributed by atoms with Crippen molar-refractivity contribution >= 4 is 29.7 Å². The second kappa shape index (κ2) is 7.77. The van der Waals surface area contributed by atoms with E-state index >= 15 is 0 Å². The predicted molar refractivity (Wildman–Crippen MR) is 93.3 cm³/mol. The van der Waals surface area contributed by atoms with Crippen molar-refractivity contribution in [2.45, 2.75) is 25.4 Å². The van der Waals surface area contributed by atoms with Gasteiger partial charge >= 0.3 is 0 Å². The molecule has 1 amide bonds. The van der Waals surface area contributed by atoms with Crippen LogP contribution in [0.5, 0.6) is 5.75 Å². The van der Waals surface area contributed by atoms with Crippen LogP contribution in [0.4, 0.5) is 0 Å². The molecule has 1 atom stereocenters. The summed E-state index contributed by atoms with van der Waals surface area (Å²) in [5, 5.41) is 2.59. The van der Waals surface area contributed by atoms with E-state index in [1.54, 1.807) is 12.5 Å². The van der Waals surface area contributed by atoms with Crippen molar-refractivity contribution in [1.29, 1.82) is 0 Å². The molecule has 1 aromatic heterocycles. The second-order valence-electron chi connectivity index (χ2n) is 5.26. The maximum absolute atomic E-state index is 12.7. The number of hydrogen-bond acceptors (Lipinski definition) is 5. The summed E-state index contributed by atoms with van der Waals surface area (Å²) in [6.07, 6.45) is 1.97.